The fourth-order valence-corrected chi connectivity index (χ4v) is 2.49. The van der Waals surface area contributed by atoms with Crippen LogP contribution in [0.15, 0.2) is 29.5 Å². The topological polar surface area (TPSA) is 95.9 Å². The quantitative estimate of drug-likeness (QED) is 0.811. The Bertz CT molecular complexity index is 747. The number of benzene rings is 1. The molecule has 0 radical (unpaired) electrons. The molecule has 7 nitrogen and oxygen atoms in total. The third kappa shape index (κ3) is 3.19. The standard InChI is InChI=1S/C15H14F2N2O5/c1-7-12(14(22)24-2)13(8-3-4-9(16)10(17)5-8)19(6-11(20)21)15(23)18-7/h3-5,13H,6H2,1-2H3,(H,18,23)(H,20,21). The molecule has 1 heterocycles. The zero-order valence-electron chi connectivity index (χ0n) is 12.8. The van der Waals surface area contributed by atoms with Gasteiger partial charge < -0.3 is 20.1 Å². The third-order valence-corrected chi connectivity index (χ3v) is 3.51. The van der Waals surface area contributed by atoms with E-state index in [1.165, 1.54) is 13.0 Å². The third-order valence-electron chi connectivity index (χ3n) is 3.51. The lowest BCUT2D eigenvalue weighted by molar-refractivity contribution is -0.140. The second kappa shape index (κ2) is 6.65. The molecule has 1 aromatic rings. The van der Waals surface area contributed by atoms with Crippen LogP contribution >= 0.6 is 0 Å². The predicted octanol–water partition coefficient (Wildman–Crippen LogP) is 1.56. The molecule has 9 heteroatoms. The van der Waals surface area contributed by atoms with E-state index >= 15 is 0 Å². The Balaban J connectivity index is 2.64. The summed E-state index contributed by atoms with van der Waals surface area (Å²) in [5.41, 5.74) is 0.123. The van der Waals surface area contributed by atoms with Gasteiger partial charge in [0.1, 0.15) is 6.54 Å². The number of allylic oxidation sites excluding steroid dienone is 1. The van der Waals surface area contributed by atoms with Crippen LogP contribution in [-0.2, 0) is 14.3 Å². The molecule has 1 aromatic carbocycles. The number of carboxylic acids is 1. The number of halogens is 2. The Labute approximate surface area is 135 Å². The molecule has 1 aliphatic heterocycles. The highest BCUT2D eigenvalue weighted by atomic mass is 19.2. The molecule has 0 spiro atoms. The Morgan fingerprint density at radius 1 is 1.33 bits per heavy atom. The van der Waals surface area contributed by atoms with Gasteiger partial charge in [-0.15, -0.1) is 0 Å². The summed E-state index contributed by atoms with van der Waals surface area (Å²) in [7, 11) is 1.11. The highest BCUT2D eigenvalue weighted by molar-refractivity contribution is 5.95. The van der Waals surface area contributed by atoms with Crippen molar-refractivity contribution in [3.8, 4) is 0 Å². The van der Waals surface area contributed by atoms with Gasteiger partial charge in [-0.05, 0) is 24.6 Å². The summed E-state index contributed by atoms with van der Waals surface area (Å²) in [6, 6.07) is 0.811. The van der Waals surface area contributed by atoms with E-state index in [-0.39, 0.29) is 16.8 Å². The number of urea groups is 1. The average molecular weight is 340 g/mol. The first-order valence-electron chi connectivity index (χ1n) is 6.79. The number of carbonyl (C=O) groups excluding carboxylic acids is 2. The van der Waals surface area contributed by atoms with E-state index in [1.807, 2.05) is 0 Å². The number of esters is 1. The summed E-state index contributed by atoms with van der Waals surface area (Å²) in [4.78, 5) is 36.1. The summed E-state index contributed by atoms with van der Waals surface area (Å²) >= 11 is 0. The van der Waals surface area contributed by atoms with E-state index in [0.29, 0.717) is 0 Å². The van der Waals surface area contributed by atoms with Crippen LogP contribution < -0.4 is 5.32 Å². The number of hydrogen-bond donors (Lipinski definition) is 2. The number of aliphatic carboxylic acids is 1. The number of nitrogens with zero attached hydrogens (tertiary/aromatic N) is 1. The number of ether oxygens (including phenoxy) is 1. The molecule has 0 aromatic heterocycles. The lowest BCUT2D eigenvalue weighted by Crippen LogP contribution is -2.50. The molecular weight excluding hydrogens is 326 g/mol. The van der Waals surface area contributed by atoms with Gasteiger partial charge in [0.2, 0.25) is 0 Å². The van der Waals surface area contributed by atoms with Crippen molar-refractivity contribution in [3.05, 3.63) is 46.7 Å². The smallest absolute Gasteiger partial charge is 0.337 e. The molecule has 24 heavy (non-hydrogen) atoms. The summed E-state index contributed by atoms with van der Waals surface area (Å²) in [5, 5.41) is 11.4. The van der Waals surface area contributed by atoms with Crippen LogP contribution in [-0.4, -0.2) is 41.6 Å². The van der Waals surface area contributed by atoms with Crippen LogP contribution in [0.4, 0.5) is 13.6 Å². The van der Waals surface area contributed by atoms with Crippen LogP contribution in [0.2, 0.25) is 0 Å². The van der Waals surface area contributed by atoms with Crippen LogP contribution in [0.5, 0.6) is 0 Å². The SMILES string of the molecule is COC(=O)C1=C(C)NC(=O)N(CC(=O)O)C1c1ccc(F)c(F)c1. The number of carbonyl (C=O) groups is 3. The highest BCUT2D eigenvalue weighted by Crippen LogP contribution is 2.34. The molecule has 0 fully saturated rings. The first-order chi connectivity index (χ1) is 11.3. The zero-order chi connectivity index (χ0) is 18.0. The van der Waals surface area contributed by atoms with Gasteiger partial charge in [-0.3, -0.25) is 4.79 Å². The number of carboxylic acid groups (broad SMARTS) is 1. The largest absolute Gasteiger partial charge is 0.480 e. The van der Waals surface area contributed by atoms with Gasteiger partial charge in [-0.2, -0.15) is 0 Å². The number of nitrogens with one attached hydrogen (secondary N) is 1. The van der Waals surface area contributed by atoms with Crippen LogP contribution in [0, 0.1) is 11.6 Å². The van der Waals surface area contributed by atoms with E-state index in [4.69, 9.17) is 5.11 Å². The van der Waals surface area contributed by atoms with Crippen LogP contribution in [0.1, 0.15) is 18.5 Å². The lowest BCUT2D eigenvalue weighted by atomic mass is 9.93. The van der Waals surface area contributed by atoms with Gasteiger partial charge in [0.15, 0.2) is 11.6 Å². The maximum atomic E-state index is 13.6. The Morgan fingerprint density at radius 3 is 2.54 bits per heavy atom. The Kier molecular flexibility index (Phi) is 4.82. The van der Waals surface area contributed by atoms with Gasteiger partial charge in [0, 0.05) is 5.70 Å². The fourth-order valence-electron chi connectivity index (χ4n) is 2.49. The zero-order valence-corrected chi connectivity index (χ0v) is 12.8. The van der Waals surface area contributed by atoms with Crippen molar-refractivity contribution in [3.63, 3.8) is 0 Å². The fraction of sp³-hybridized carbons (Fsp3) is 0.267. The summed E-state index contributed by atoms with van der Waals surface area (Å²) < 4.78 is 31.4. The van der Waals surface area contributed by atoms with Gasteiger partial charge in [-0.1, -0.05) is 6.07 Å². The lowest BCUT2D eigenvalue weighted by Gasteiger charge is -2.36. The van der Waals surface area contributed by atoms with Crippen molar-refractivity contribution < 1.29 is 33.0 Å². The molecule has 0 saturated carbocycles. The predicted molar refractivity (Wildman–Crippen MR) is 76.7 cm³/mol. The van der Waals surface area contributed by atoms with Gasteiger partial charge in [0.05, 0.1) is 18.7 Å². The van der Waals surface area contributed by atoms with Gasteiger partial charge >= 0.3 is 18.0 Å². The molecule has 1 atom stereocenters. The molecule has 1 aliphatic rings. The summed E-state index contributed by atoms with van der Waals surface area (Å²) in [5.74, 6) is -4.45. The molecule has 2 amide bonds. The molecule has 0 saturated heterocycles. The minimum atomic E-state index is -1.33. The minimum absolute atomic E-state index is 0.0461. The van der Waals surface area contributed by atoms with E-state index in [9.17, 15) is 23.2 Å². The molecule has 0 bridgehead atoms. The molecule has 0 aliphatic carbocycles. The minimum Gasteiger partial charge on any atom is -0.480 e. The van der Waals surface area contributed by atoms with Crippen molar-refractivity contribution in [1.82, 2.24) is 10.2 Å². The van der Waals surface area contributed by atoms with Crippen molar-refractivity contribution in [2.24, 2.45) is 0 Å². The van der Waals surface area contributed by atoms with Gasteiger partial charge in [-0.25, -0.2) is 18.4 Å². The van der Waals surface area contributed by atoms with Crippen LogP contribution in [0.3, 0.4) is 0 Å². The number of hydrogen-bond acceptors (Lipinski definition) is 4. The van der Waals surface area contributed by atoms with Crippen molar-refractivity contribution in [2.75, 3.05) is 13.7 Å². The summed E-state index contributed by atoms with van der Waals surface area (Å²) in [6.45, 7) is 0.679. The maximum Gasteiger partial charge on any atom is 0.337 e. The second-order valence-corrected chi connectivity index (χ2v) is 5.06. The van der Waals surface area contributed by atoms with E-state index in [1.54, 1.807) is 0 Å². The maximum absolute atomic E-state index is 13.6. The van der Waals surface area contributed by atoms with Crippen molar-refractivity contribution >= 4 is 18.0 Å². The highest BCUT2D eigenvalue weighted by Gasteiger charge is 2.39. The molecule has 128 valence electrons. The first-order valence-corrected chi connectivity index (χ1v) is 6.79. The average Bonchev–Trinajstić information content (AvgIpc) is 2.51. The molecule has 2 N–H and O–H groups in total. The molecular formula is C15H14F2N2O5. The van der Waals surface area contributed by atoms with E-state index in [2.05, 4.69) is 10.1 Å². The Morgan fingerprint density at radius 2 is 2.00 bits per heavy atom. The number of amides is 2. The number of rotatable bonds is 4. The first kappa shape index (κ1) is 17.4. The van der Waals surface area contributed by atoms with Crippen LogP contribution in [0.25, 0.3) is 0 Å². The van der Waals surface area contributed by atoms with E-state index in [0.717, 1.165) is 24.1 Å². The molecule has 2 rings (SSSR count). The van der Waals surface area contributed by atoms with E-state index < -0.39 is 42.2 Å². The number of methoxy groups -OCH3 is 1. The second-order valence-electron chi connectivity index (χ2n) is 5.06. The normalized spacial score (nSPS) is 17.6. The summed E-state index contributed by atoms with van der Waals surface area (Å²) in [6.07, 6.45) is 0. The Hall–Kier alpha value is -2.97. The van der Waals surface area contributed by atoms with Crippen molar-refractivity contribution in [1.29, 1.82) is 0 Å². The van der Waals surface area contributed by atoms with Crippen molar-refractivity contribution in [2.45, 2.75) is 13.0 Å². The van der Waals surface area contributed by atoms with Gasteiger partial charge in [0.25, 0.3) is 0 Å². The molecule has 1 unspecified atom stereocenters. The monoisotopic (exact) mass is 340 g/mol.